The fourth-order valence-corrected chi connectivity index (χ4v) is 2.99. The highest BCUT2D eigenvalue weighted by molar-refractivity contribution is 7.18. The maximum atomic E-state index is 12.0. The van der Waals surface area contributed by atoms with E-state index < -0.39 is 0 Å². The zero-order valence-corrected chi connectivity index (χ0v) is 12.3. The Hall–Kier alpha value is -1.83. The quantitative estimate of drug-likeness (QED) is 0.736. The van der Waals surface area contributed by atoms with Gasteiger partial charge >= 0.3 is 0 Å². The Morgan fingerprint density at radius 2 is 2.05 bits per heavy atom. The molecule has 110 valence electrons. The highest BCUT2D eigenvalue weighted by Gasteiger charge is 2.21. The van der Waals surface area contributed by atoms with Crippen LogP contribution in [-0.4, -0.2) is 43.5 Å². The number of thiazole rings is 1. The summed E-state index contributed by atoms with van der Waals surface area (Å²) in [6.45, 7) is 1.84. The third-order valence-electron chi connectivity index (χ3n) is 3.16. The summed E-state index contributed by atoms with van der Waals surface area (Å²) in [7, 11) is 1.52. The van der Waals surface area contributed by atoms with Crippen LogP contribution in [0.5, 0.6) is 0 Å². The Kier molecular flexibility index (Phi) is 4.78. The van der Waals surface area contributed by atoms with E-state index in [-0.39, 0.29) is 24.2 Å². The van der Waals surface area contributed by atoms with E-state index in [2.05, 4.69) is 20.5 Å². The van der Waals surface area contributed by atoms with Gasteiger partial charge in [0.2, 0.25) is 5.91 Å². The Labute approximate surface area is 121 Å². The smallest absolute Gasteiger partial charge is 0.265 e. The summed E-state index contributed by atoms with van der Waals surface area (Å²) in [6.07, 6.45) is 3.51. The van der Waals surface area contributed by atoms with Gasteiger partial charge in [-0.25, -0.2) is 4.98 Å². The maximum Gasteiger partial charge on any atom is 0.265 e. The predicted molar refractivity (Wildman–Crippen MR) is 79.0 cm³/mol. The molecule has 1 aliphatic heterocycles. The van der Waals surface area contributed by atoms with Crippen molar-refractivity contribution in [2.24, 2.45) is 0 Å². The van der Waals surface area contributed by atoms with Crippen molar-refractivity contribution in [3.8, 4) is 0 Å². The number of carbonyl (C=O) groups excluding carboxylic acids is 2. The van der Waals surface area contributed by atoms with Crippen LogP contribution in [0.15, 0.2) is 0 Å². The summed E-state index contributed by atoms with van der Waals surface area (Å²) in [4.78, 5) is 29.9. The predicted octanol–water partition coefficient (Wildman–Crippen LogP) is 0.191. The number of nitrogens with one attached hydrogen (secondary N) is 2. The third kappa shape index (κ3) is 3.38. The molecular weight excluding hydrogens is 278 g/mol. The third-order valence-corrected chi connectivity index (χ3v) is 4.29. The number of rotatable bonds is 4. The second kappa shape index (κ2) is 6.56. The van der Waals surface area contributed by atoms with Crippen LogP contribution in [-0.2, 0) is 4.79 Å². The van der Waals surface area contributed by atoms with Crippen molar-refractivity contribution in [1.82, 2.24) is 15.6 Å². The molecule has 1 aliphatic rings. The molecule has 7 nitrogen and oxygen atoms in total. The number of nitrogens with zero attached hydrogens (tertiary/aromatic N) is 2. The van der Waals surface area contributed by atoms with Crippen LogP contribution in [0.4, 0.5) is 10.9 Å². The fourth-order valence-electron chi connectivity index (χ4n) is 2.03. The van der Waals surface area contributed by atoms with Crippen LogP contribution in [0.2, 0.25) is 0 Å². The average Bonchev–Trinajstić information content (AvgIpc) is 2.87. The highest BCUT2D eigenvalue weighted by Crippen LogP contribution is 2.29. The molecule has 1 saturated heterocycles. The van der Waals surface area contributed by atoms with Gasteiger partial charge < -0.3 is 21.3 Å². The van der Waals surface area contributed by atoms with Crippen molar-refractivity contribution in [1.29, 1.82) is 0 Å². The number of aromatic nitrogens is 1. The number of carbonyl (C=O) groups is 2. The van der Waals surface area contributed by atoms with Gasteiger partial charge in [0.25, 0.3) is 5.91 Å². The summed E-state index contributed by atoms with van der Waals surface area (Å²) in [5, 5.41) is 5.75. The van der Waals surface area contributed by atoms with Crippen molar-refractivity contribution in [2.75, 3.05) is 37.3 Å². The molecule has 2 amide bonds. The normalized spacial score (nSPS) is 14.9. The minimum absolute atomic E-state index is 0.0638. The van der Waals surface area contributed by atoms with E-state index >= 15 is 0 Å². The van der Waals surface area contributed by atoms with Gasteiger partial charge in [0, 0.05) is 20.1 Å². The van der Waals surface area contributed by atoms with Gasteiger partial charge in [0.15, 0.2) is 5.13 Å². The number of amides is 2. The molecule has 0 aliphatic carbocycles. The molecule has 0 atom stereocenters. The van der Waals surface area contributed by atoms with E-state index in [4.69, 9.17) is 5.73 Å². The lowest BCUT2D eigenvalue weighted by atomic mass is 10.1. The van der Waals surface area contributed by atoms with Gasteiger partial charge in [0.1, 0.15) is 10.7 Å². The fraction of sp³-hybridized carbons (Fsp3) is 0.583. The van der Waals surface area contributed by atoms with Gasteiger partial charge in [-0.3, -0.25) is 9.59 Å². The number of hydrogen-bond acceptors (Lipinski definition) is 6. The molecule has 4 N–H and O–H groups in total. The molecule has 0 saturated carbocycles. The molecule has 1 fully saturated rings. The molecule has 2 rings (SSSR count). The lowest BCUT2D eigenvalue weighted by Gasteiger charge is -2.25. The van der Waals surface area contributed by atoms with Crippen molar-refractivity contribution < 1.29 is 9.59 Å². The number of piperidine rings is 1. The molecule has 2 heterocycles. The molecule has 0 radical (unpaired) electrons. The summed E-state index contributed by atoms with van der Waals surface area (Å²) in [6, 6.07) is 0. The minimum atomic E-state index is -0.355. The number of nitrogens with two attached hydrogens (primary N) is 1. The Balaban J connectivity index is 2.02. The molecule has 1 aromatic heterocycles. The summed E-state index contributed by atoms with van der Waals surface area (Å²) >= 11 is 1.28. The summed E-state index contributed by atoms with van der Waals surface area (Å²) < 4.78 is 0. The molecular formula is C12H19N5O2S. The zero-order valence-electron chi connectivity index (χ0n) is 11.4. The van der Waals surface area contributed by atoms with Crippen molar-refractivity contribution in [3.63, 3.8) is 0 Å². The van der Waals surface area contributed by atoms with Crippen molar-refractivity contribution >= 4 is 34.1 Å². The standard InChI is InChI=1S/C12H19N5O2S/c1-14-8(18)7-15-11(19)9-10(13)16-12(20-9)17-5-3-2-4-6-17/h2-7,13H2,1H3,(H,14,18)(H,15,19). The second-order valence-corrected chi connectivity index (χ2v) is 5.59. The van der Waals surface area contributed by atoms with Crippen LogP contribution in [0, 0.1) is 0 Å². The van der Waals surface area contributed by atoms with Gasteiger partial charge in [-0.15, -0.1) is 0 Å². The molecule has 1 aromatic rings. The average molecular weight is 297 g/mol. The van der Waals surface area contributed by atoms with E-state index in [9.17, 15) is 9.59 Å². The zero-order chi connectivity index (χ0) is 14.5. The monoisotopic (exact) mass is 297 g/mol. The topological polar surface area (TPSA) is 100 Å². The second-order valence-electron chi connectivity index (χ2n) is 4.61. The first-order valence-corrected chi connectivity index (χ1v) is 7.43. The number of nitrogen functional groups attached to an aromatic ring is 1. The maximum absolute atomic E-state index is 12.0. The van der Waals surface area contributed by atoms with E-state index in [0.717, 1.165) is 31.1 Å². The molecule has 8 heteroatoms. The molecule has 0 spiro atoms. The summed E-state index contributed by atoms with van der Waals surface area (Å²) in [5.41, 5.74) is 5.80. The van der Waals surface area contributed by atoms with Crippen LogP contribution in [0.3, 0.4) is 0 Å². The van der Waals surface area contributed by atoms with E-state index in [1.54, 1.807) is 0 Å². The Morgan fingerprint density at radius 1 is 1.35 bits per heavy atom. The number of likely N-dealkylation sites (N-methyl/N-ethyl adjacent to an activating group) is 1. The van der Waals surface area contributed by atoms with Crippen LogP contribution in [0.1, 0.15) is 28.9 Å². The van der Waals surface area contributed by atoms with Crippen LogP contribution in [0.25, 0.3) is 0 Å². The minimum Gasteiger partial charge on any atom is -0.382 e. The molecule has 20 heavy (non-hydrogen) atoms. The van der Waals surface area contributed by atoms with Gasteiger partial charge in [-0.05, 0) is 19.3 Å². The van der Waals surface area contributed by atoms with Gasteiger partial charge in [0.05, 0.1) is 6.54 Å². The lowest BCUT2D eigenvalue weighted by Crippen LogP contribution is -2.35. The largest absolute Gasteiger partial charge is 0.382 e. The van der Waals surface area contributed by atoms with Gasteiger partial charge in [-0.1, -0.05) is 11.3 Å². The first kappa shape index (κ1) is 14.6. The Bertz CT molecular complexity index is 496. The SMILES string of the molecule is CNC(=O)CNC(=O)c1sc(N2CCCCC2)nc1N. The molecule has 0 bridgehead atoms. The van der Waals surface area contributed by atoms with Crippen LogP contribution < -0.4 is 21.3 Å². The van der Waals surface area contributed by atoms with E-state index in [1.807, 2.05) is 0 Å². The van der Waals surface area contributed by atoms with E-state index in [0.29, 0.717) is 4.88 Å². The molecule has 0 unspecified atom stereocenters. The number of anilines is 2. The summed E-state index contributed by atoms with van der Waals surface area (Å²) in [5.74, 6) is -0.380. The Morgan fingerprint density at radius 3 is 2.70 bits per heavy atom. The van der Waals surface area contributed by atoms with Crippen molar-refractivity contribution in [2.45, 2.75) is 19.3 Å². The van der Waals surface area contributed by atoms with Crippen molar-refractivity contribution in [3.05, 3.63) is 4.88 Å². The molecule has 0 aromatic carbocycles. The highest BCUT2D eigenvalue weighted by atomic mass is 32.1. The van der Waals surface area contributed by atoms with Gasteiger partial charge in [-0.2, -0.15) is 0 Å². The number of hydrogen-bond donors (Lipinski definition) is 3. The first-order chi connectivity index (χ1) is 9.61. The van der Waals surface area contributed by atoms with E-state index in [1.165, 1.54) is 24.8 Å². The van der Waals surface area contributed by atoms with Crippen LogP contribution >= 0.6 is 11.3 Å². The lowest BCUT2D eigenvalue weighted by molar-refractivity contribution is -0.119. The first-order valence-electron chi connectivity index (χ1n) is 6.62.